The maximum Gasteiger partial charge on any atom is 0.256 e. The first-order chi connectivity index (χ1) is 13.9. The first-order valence-electron chi connectivity index (χ1n) is 9.97. The maximum absolute atomic E-state index is 13.3. The Morgan fingerprint density at radius 2 is 1.38 bits per heavy atom. The number of aliphatic imine (C=N–C) groups is 1. The number of likely N-dealkylation sites (N-methyl/N-ethyl adjacent to an activating group) is 1. The summed E-state index contributed by atoms with van der Waals surface area (Å²) in [5.41, 5.74) is 5.93. The summed E-state index contributed by atoms with van der Waals surface area (Å²) in [7, 11) is 1.84. The van der Waals surface area contributed by atoms with E-state index in [1.165, 1.54) is 5.56 Å². The van der Waals surface area contributed by atoms with Gasteiger partial charge in [-0.2, -0.15) is 0 Å². The van der Waals surface area contributed by atoms with Gasteiger partial charge in [-0.15, -0.1) is 0 Å². The molecule has 1 unspecified atom stereocenters. The number of nitrogens with zero attached hydrogens (tertiary/aromatic N) is 2. The summed E-state index contributed by atoms with van der Waals surface area (Å²) in [5, 5.41) is 0. The predicted octanol–water partition coefficient (Wildman–Crippen LogP) is 5.54. The first-order valence-corrected chi connectivity index (χ1v) is 9.97. The molecule has 0 aliphatic carbocycles. The van der Waals surface area contributed by atoms with Crippen LogP contribution in [0, 0.1) is 0 Å². The lowest BCUT2D eigenvalue weighted by molar-refractivity contribution is -0.118. The zero-order valence-corrected chi connectivity index (χ0v) is 17.4. The minimum atomic E-state index is -0.541. The van der Waals surface area contributed by atoms with Gasteiger partial charge in [-0.25, -0.2) is 0 Å². The van der Waals surface area contributed by atoms with E-state index in [-0.39, 0.29) is 11.3 Å². The third kappa shape index (κ3) is 3.49. The molecule has 0 radical (unpaired) electrons. The van der Waals surface area contributed by atoms with Crippen molar-refractivity contribution in [2.45, 2.75) is 32.2 Å². The van der Waals surface area contributed by atoms with Gasteiger partial charge in [0.25, 0.3) is 5.91 Å². The SMILES string of the molecule is CN1C(=O)C(N=C(c2ccccc2)c2ccccc2)c2c1cccc2C(C)(C)C. The molecule has 4 rings (SSSR count). The van der Waals surface area contributed by atoms with Crippen molar-refractivity contribution in [1.82, 2.24) is 0 Å². The molecule has 1 aliphatic heterocycles. The molecule has 146 valence electrons. The van der Waals surface area contributed by atoms with E-state index < -0.39 is 6.04 Å². The lowest BCUT2D eigenvalue weighted by Gasteiger charge is -2.24. The smallest absolute Gasteiger partial charge is 0.256 e. The molecule has 3 aromatic rings. The van der Waals surface area contributed by atoms with E-state index in [0.29, 0.717) is 0 Å². The number of benzene rings is 3. The van der Waals surface area contributed by atoms with Crippen LogP contribution in [0.4, 0.5) is 5.69 Å². The molecule has 3 nitrogen and oxygen atoms in total. The van der Waals surface area contributed by atoms with Crippen molar-refractivity contribution in [3.05, 3.63) is 101 Å². The number of carbonyl (C=O) groups is 1. The third-order valence-electron chi connectivity index (χ3n) is 5.44. The van der Waals surface area contributed by atoms with Gasteiger partial charge in [0.05, 0.1) is 5.71 Å². The van der Waals surface area contributed by atoms with Crippen LogP contribution in [0.2, 0.25) is 0 Å². The number of hydrogen-bond acceptors (Lipinski definition) is 2. The monoisotopic (exact) mass is 382 g/mol. The van der Waals surface area contributed by atoms with E-state index in [4.69, 9.17) is 4.99 Å². The summed E-state index contributed by atoms with van der Waals surface area (Å²) in [6, 6.07) is 25.8. The molecule has 3 heteroatoms. The second-order valence-electron chi connectivity index (χ2n) is 8.50. The molecule has 3 aromatic carbocycles. The third-order valence-corrected chi connectivity index (χ3v) is 5.44. The van der Waals surface area contributed by atoms with Crippen molar-refractivity contribution < 1.29 is 4.79 Å². The van der Waals surface area contributed by atoms with Crippen LogP contribution in [-0.2, 0) is 10.2 Å². The van der Waals surface area contributed by atoms with Crippen molar-refractivity contribution in [3.8, 4) is 0 Å². The molecular weight excluding hydrogens is 356 g/mol. The van der Waals surface area contributed by atoms with E-state index in [1.807, 2.05) is 79.8 Å². The van der Waals surface area contributed by atoms with Crippen LogP contribution in [0.3, 0.4) is 0 Å². The summed E-state index contributed by atoms with van der Waals surface area (Å²) < 4.78 is 0. The van der Waals surface area contributed by atoms with Crippen LogP contribution >= 0.6 is 0 Å². The summed E-state index contributed by atoms with van der Waals surface area (Å²) in [6.45, 7) is 6.55. The van der Waals surface area contributed by atoms with Gasteiger partial charge in [0.1, 0.15) is 0 Å². The van der Waals surface area contributed by atoms with Crippen LogP contribution in [0.1, 0.15) is 49.1 Å². The Balaban J connectivity index is 1.94. The van der Waals surface area contributed by atoms with Crippen molar-refractivity contribution in [1.29, 1.82) is 0 Å². The molecule has 0 saturated heterocycles. The van der Waals surface area contributed by atoms with E-state index in [0.717, 1.165) is 28.1 Å². The highest BCUT2D eigenvalue weighted by molar-refractivity contribution is 6.15. The lowest BCUT2D eigenvalue weighted by Crippen LogP contribution is -2.24. The Morgan fingerprint density at radius 1 is 0.828 bits per heavy atom. The van der Waals surface area contributed by atoms with Crippen LogP contribution in [0.5, 0.6) is 0 Å². The van der Waals surface area contributed by atoms with E-state index >= 15 is 0 Å². The van der Waals surface area contributed by atoms with Crippen molar-refractivity contribution in [2.75, 3.05) is 11.9 Å². The number of anilines is 1. The molecule has 0 fully saturated rings. The van der Waals surface area contributed by atoms with Crippen LogP contribution in [0.15, 0.2) is 83.9 Å². The van der Waals surface area contributed by atoms with Gasteiger partial charge >= 0.3 is 0 Å². The van der Waals surface area contributed by atoms with Crippen LogP contribution in [0.25, 0.3) is 0 Å². The summed E-state index contributed by atoms with van der Waals surface area (Å²) in [4.78, 5) is 20.1. The Hall–Kier alpha value is -3.20. The molecule has 0 aromatic heterocycles. The van der Waals surface area contributed by atoms with Gasteiger partial charge in [-0.3, -0.25) is 9.79 Å². The second-order valence-corrected chi connectivity index (χ2v) is 8.50. The average molecular weight is 383 g/mol. The second kappa shape index (κ2) is 7.32. The zero-order chi connectivity index (χ0) is 20.6. The Labute approximate surface area is 172 Å². The molecular formula is C26H26N2O. The van der Waals surface area contributed by atoms with E-state index in [1.54, 1.807) is 4.90 Å². The fourth-order valence-corrected chi connectivity index (χ4v) is 3.97. The number of carbonyl (C=O) groups excluding carboxylic acids is 1. The predicted molar refractivity (Wildman–Crippen MR) is 120 cm³/mol. The Bertz CT molecular complexity index is 1020. The summed E-state index contributed by atoms with van der Waals surface area (Å²) >= 11 is 0. The minimum Gasteiger partial charge on any atom is -0.313 e. The van der Waals surface area contributed by atoms with Gasteiger partial charge < -0.3 is 4.90 Å². The molecule has 1 aliphatic rings. The number of amides is 1. The van der Waals surface area contributed by atoms with Crippen molar-refractivity contribution in [3.63, 3.8) is 0 Å². The minimum absolute atomic E-state index is 0.0149. The summed E-state index contributed by atoms with van der Waals surface area (Å²) in [5.74, 6) is 0.0149. The van der Waals surface area contributed by atoms with Crippen molar-refractivity contribution >= 4 is 17.3 Å². The topological polar surface area (TPSA) is 32.7 Å². The average Bonchev–Trinajstić information content (AvgIpc) is 2.97. The maximum atomic E-state index is 13.3. The molecule has 1 atom stereocenters. The molecule has 29 heavy (non-hydrogen) atoms. The Morgan fingerprint density at radius 3 is 1.90 bits per heavy atom. The molecule has 1 amide bonds. The van der Waals surface area contributed by atoms with Crippen LogP contribution in [-0.4, -0.2) is 18.7 Å². The molecule has 0 saturated carbocycles. The highest BCUT2D eigenvalue weighted by atomic mass is 16.2. The van der Waals surface area contributed by atoms with Gasteiger partial charge in [0.15, 0.2) is 6.04 Å². The molecule has 1 heterocycles. The van der Waals surface area contributed by atoms with Crippen LogP contribution < -0.4 is 4.90 Å². The number of hydrogen-bond donors (Lipinski definition) is 0. The fraction of sp³-hybridized carbons (Fsp3) is 0.231. The first kappa shape index (κ1) is 19.1. The van der Waals surface area contributed by atoms with Gasteiger partial charge in [0, 0.05) is 29.4 Å². The quantitative estimate of drug-likeness (QED) is 0.548. The summed E-state index contributed by atoms with van der Waals surface area (Å²) in [6.07, 6.45) is 0. The lowest BCUT2D eigenvalue weighted by atomic mass is 9.82. The van der Waals surface area contributed by atoms with E-state index in [9.17, 15) is 4.79 Å². The largest absolute Gasteiger partial charge is 0.313 e. The number of rotatable bonds is 3. The standard InChI is InChI=1S/C26H26N2O/c1-26(2,3)20-16-11-17-21-22(20)24(25(29)28(21)4)27-23(18-12-7-5-8-13-18)19-14-9-6-10-15-19/h5-17,24H,1-4H3. The van der Waals surface area contributed by atoms with E-state index in [2.05, 4.69) is 26.8 Å². The zero-order valence-electron chi connectivity index (χ0n) is 17.4. The van der Waals surface area contributed by atoms with Gasteiger partial charge in [0.2, 0.25) is 0 Å². The Kier molecular flexibility index (Phi) is 4.83. The molecule has 0 bridgehead atoms. The highest BCUT2D eigenvalue weighted by Gasteiger charge is 2.39. The molecule has 0 spiro atoms. The molecule has 0 N–H and O–H groups in total. The fourth-order valence-electron chi connectivity index (χ4n) is 3.97. The highest BCUT2D eigenvalue weighted by Crippen LogP contribution is 2.43. The number of fused-ring (bicyclic) bond motifs is 1. The van der Waals surface area contributed by atoms with Crippen molar-refractivity contribution in [2.24, 2.45) is 4.99 Å². The van der Waals surface area contributed by atoms with Gasteiger partial charge in [-0.1, -0.05) is 93.6 Å². The van der Waals surface area contributed by atoms with Gasteiger partial charge in [-0.05, 0) is 17.0 Å². The normalized spacial score (nSPS) is 15.9.